The average molecular weight is 274 g/mol. The van der Waals surface area contributed by atoms with Crippen molar-refractivity contribution in [2.45, 2.75) is 40.3 Å². The van der Waals surface area contributed by atoms with Crippen LogP contribution < -0.4 is 5.32 Å². The van der Waals surface area contributed by atoms with Crippen molar-refractivity contribution < 1.29 is 4.79 Å². The summed E-state index contributed by atoms with van der Waals surface area (Å²) in [5.74, 6) is 1.05. The van der Waals surface area contributed by atoms with Crippen LogP contribution in [0.4, 0.5) is 0 Å². The number of rotatable bonds is 7. The van der Waals surface area contributed by atoms with Gasteiger partial charge in [-0.05, 0) is 36.6 Å². The third-order valence-corrected chi connectivity index (χ3v) is 4.24. The van der Waals surface area contributed by atoms with E-state index in [1.54, 1.807) is 0 Å². The molecule has 2 rings (SSSR count). The minimum Gasteiger partial charge on any atom is -0.352 e. The summed E-state index contributed by atoms with van der Waals surface area (Å²) in [6, 6.07) is 8.57. The van der Waals surface area contributed by atoms with Gasteiger partial charge in [-0.25, -0.2) is 0 Å². The second-order valence-electron chi connectivity index (χ2n) is 5.82. The van der Waals surface area contributed by atoms with E-state index in [-0.39, 0.29) is 11.8 Å². The molecule has 1 aliphatic carbocycles. The lowest BCUT2D eigenvalue weighted by Crippen LogP contribution is -2.25. The predicted molar refractivity (Wildman–Crippen MR) is 82.2 cm³/mol. The summed E-state index contributed by atoms with van der Waals surface area (Å²) >= 11 is 0. The zero-order chi connectivity index (χ0) is 14.5. The maximum Gasteiger partial charge on any atom is 0.223 e. The second-order valence-corrected chi connectivity index (χ2v) is 5.82. The van der Waals surface area contributed by atoms with Gasteiger partial charge in [0.05, 0.1) is 0 Å². The first-order valence-corrected chi connectivity index (χ1v) is 7.71. The molecule has 110 valence electrons. The van der Waals surface area contributed by atoms with Crippen LogP contribution in [0.2, 0.25) is 0 Å². The van der Waals surface area contributed by atoms with Crippen LogP contribution in [0.25, 0.3) is 0 Å². The molecular formula is C17H26N2O. The molecule has 0 spiro atoms. The summed E-state index contributed by atoms with van der Waals surface area (Å²) in [6.07, 6.45) is 1.05. The van der Waals surface area contributed by atoms with Gasteiger partial charge < -0.3 is 5.32 Å². The molecule has 1 aromatic rings. The van der Waals surface area contributed by atoms with Crippen LogP contribution in [0, 0.1) is 11.8 Å². The molecule has 1 fully saturated rings. The molecule has 1 aromatic carbocycles. The van der Waals surface area contributed by atoms with Crippen molar-refractivity contribution >= 4 is 5.91 Å². The molecule has 1 saturated carbocycles. The summed E-state index contributed by atoms with van der Waals surface area (Å²) in [5, 5.41) is 3.02. The first-order valence-electron chi connectivity index (χ1n) is 7.71. The normalized spacial score (nSPS) is 21.0. The molecule has 0 radical (unpaired) electrons. The number of benzene rings is 1. The number of hydrogen-bond acceptors (Lipinski definition) is 2. The lowest BCUT2D eigenvalue weighted by Gasteiger charge is -2.18. The largest absolute Gasteiger partial charge is 0.352 e. The highest BCUT2D eigenvalue weighted by Gasteiger charge is 2.38. The Morgan fingerprint density at radius 3 is 2.25 bits per heavy atom. The molecule has 0 aliphatic heterocycles. The third kappa shape index (κ3) is 4.07. The van der Waals surface area contributed by atoms with Gasteiger partial charge in [-0.1, -0.05) is 45.0 Å². The molecule has 20 heavy (non-hydrogen) atoms. The summed E-state index contributed by atoms with van der Waals surface area (Å²) in [7, 11) is 0. The Kier molecular flexibility index (Phi) is 5.18. The number of carbonyl (C=O) groups excluding carboxylic acids is 1. The maximum absolute atomic E-state index is 11.8. The minimum absolute atomic E-state index is 0.213. The maximum atomic E-state index is 11.8. The summed E-state index contributed by atoms with van der Waals surface area (Å²) in [4.78, 5) is 14.2. The van der Waals surface area contributed by atoms with Crippen LogP contribution in [0.3, 0.4) is 0 Å². The Morgan fingerprint density at radius 1 is 1.20 bits per heavy atom. The van der Waals surface area contributed by atoms with Crippen molar-refractivity contribution in [3.8, 4) is 0 Å². The molecule has 3 heteroatoms. The Morgan fingerprint density at radius 2 is 1.75 bits per heavy atom. The van der Waals surface area contributed by atoms with Gasteiger partial charge in [0.25, 0.3) is 0 Å². The van der Waals surface area contributed by atoms with E-state index >= 15 is 0 Å². The van der Waals surface area contributed by atoms with E-state index in [1.807, 2.05) is 0 Å². The standard InChI is InChI=1S/C17H26N2O/c1-4-19(5-2)12-15-8-6-14(7-9-15)11-18-17(20)16-10-13(16)3/h6-9,13,16H,4-5,10-12H2,1-3H3,(H,18,20). The quantitative estimate of drug-likeness (QED) is 0.829. The SMILES string of the molecule is CCN(CC)Cc1ccc(CNC(=O)C2CC2C)cc1. The van der Waals surface area contributed by atoms with Crippen LogP contribution in [0.5, 0.6) is 0 Å². The second kappa shape index (κ2) is 6.89. The Bertz CT molecular complexity index is 437. The van der Waals surface area contributed by atoms with Gasteiger partial charge in [-0.2, -0.15) is 0 Å². The van der Waals surface area contributed by atoms with Crippen molar-refractivity contribution in [3.05, 3.63) is 35.4 Å². The van der Waals surface area contributed by atoms with Gasteiger partial charge in [0.15, 0.2) is 0 Å². The van der Waals surface area contributed by atoms with Gasteiger partial charge in [-0.3, -0.25) is 9.69 Å². The van der Waals surface area contributed by atoms with E-state index < -0.39 is 0 Å². The van der Waals surface area contributed by atoms with E-state index in [9.17, 15) is 4.79 Å². The fourth-order valence-corrected chi connectivity index (χ4v) is 2.48. The van der Waals surface area contributed by atoms with E-state index in [2.05, 4.69) is 55.3 Å². The molecule has 2 atom stereocenters. The lowest BCUT2D eigenvalue weighted by atomic mass is 10.1. The summed E-state index contributed by atoms with van der Waals surface area (Å²) in [5.41, 5.74) is 2.51. The molecule has 2 unspecified atom stereocenters. The van der Waals surface area contributed by atoms with Gasteiger partial charge in [0, 0.05) is 19.0 Å². The van der Waals surface area contributed by atoms with E-state index in [0.717, 1.165) is 26.1 Å². The molecule has 0 aromatic heterocycles. The van der Waals surface area contributed by atoms with Gasteiger partial charge >= 0.3 is 0 Å². The van der Waals surface area contributed by atoms with Crippen molar-refractivity contribution in [1.82, 2.24) is 10.2 Å². The van der Waals surface area contributed by atoms with Crippen LogP contribution in [-0.2, 0) is 17.9 Å². The summed E-state index contributed by atoms with van der Waals surface area (Å²) in [6.45, 7) is 10.3. The van der Waals surface area contributed by atoms with Crippen LogP contribution in [0.15, 0.2) is 24.3 Å². The van der Waals surface area contributed by atoms with E-state index in [0.29, 0.717) is 12.5 Å². The molecule has 1 N–H and O–H groups in total. The fourth-order valence-electron chi connectivity index (χ4n) is 2.48. The highest BCUT2D eigenvalue weighted by Crippen LogP contribution is 2.37. The van der Waals surface area contributed by atoms with E-state index in [1.165, 1.54) is 11.1 Å². The van der Waals surface area contributed by atoms with Gasteiger partial charge in [0.2, 0.25) is 5.91 Å². The number of carbonyl (C=O) groups is 1. The monoisotopic (exact) mass is 274 g/mol. The van der Waals surface area contributed by atoms with Crippen LogP contribution in [-0.4, -0.2) is 23.9 Å². The van der Waals surface area contributed by atoms with Gasteiger partial charge in [-0.15, -0.1) is 0 Å². The lowest BCUT2D eigenvalue weighted by molar-refractivity contribution is -0.122. The van der Waals surface area contributed by atoms with Crippen LogP contribution >= 0.6 is 0 Å². The molecule has 1 amide bonds. The molecule has 0 bridgehead atoms. The molecule has 0 heterocycles. The van der Waals surface area contributed by atoms with E-state index in [4.69, 9.17) is 0 Å². The first kappa shape index (κ1) is 15.0. The third-order valence-electron chi connectivity index (χ3n) is 4.24. The Labute approximate surface area is 122 Å². The van der Waals surface area contributed by atoms with Crippen molar-refractivity contribution in [2.75, 3.05) is 13.1 Å². The zero-order valence-electron chi connectivity index (χ0n) is 12.9. The number of amides is 1. The van der Waals surface area contributed by atoms with Crippen molar-refractivity contribution in [1.29, 1.82) is 0 Å². The smallest absolute Gasteiger partial charge is 0.223 e. The fraction of sp³-hybridized carbons (Fsp3) is 0.588. The zero-order valence-corrected chi connectivity index (χ0v) is 12.9. The topological polar surface area (TPSA) is 32.3 Å². The number of nitrogens with one attached hydrogen (secondary N) is 1. The molecule has 1 aliphatic rings. The van der Waals surface area contributed by atoms with Crippen molar-refractivity contribution in [2.24, 2.45) is 11.8 Å². The highest BCUT2D eigenvalue weighted by atomic mass is 16.2. The van der Waals surface area contributed by atoms with Crippen LogP contribution in [0.1, 0.15) is 38.3 Å². The average Bonchev–Trinajstić information content (AvgIpc) is 3.20. The van der Waals surface area contributed by atoms with Gasteiger partial charge in [0.1, 0.15) is 0 Å². The number of hydrogen-bond donors (Lipinski definition) is 1. The predicted octanol–water partition coefficient (Wildman–Crippen LogP) is 2.80. The highest BCUT2D eigenvalue weighted by molar-refractivity contribution is 5.81. The molecule has 3 nitrogen and oxygen atoms in total. The number of nitrogens with zero attached hydrogens (tertiary/aromatic N) is 1. The Balaban J connectivity index is 1.80. The van der Waals surface area contributed by atoms with Crippen molar-refractivity contribution in [3.63, 3.8) is 0 Å². The Hall–Kier alpha value is -1.35. The molecular weight excluding hydrogens is 248 g/mol. The minimum atomic E-state index is 0.213. The molecule has 0 saturated heterocycles. The first-order chi connectivity index (χ1) is 9.63. The summed E-state index contributed by atoms with van der Waals surface area (Å²) < 4.78 is 0.